The van der Waals surface area contributed by atoms with Gasteiger partial charge in [0.15, 0.2) is 0 Å². The van der Waals surface area contributed by atoms with Crippen LogP contribution < -0.4 is 37.6 Å². The number of carbonyl (C=O) groups excluding carboxylic acids is 8. The van der Waals surface area contributed by atoms with Gasteiger partial charge in [0.2, 0.25) is 47.3 Å². The van der Waals surface area contributed by atoms with E-state index >= 15 is 0 Å². The summed E-state index contributed by atoms with van der Waals surface area (Å²) in [6.07, 6.45) is 0.703. The van der Waals surface area contributed by atoms with Crippen LogP contribution in [-0.4, -0.2) is 158 Å². The molecule has 1 saturated heterocycles. The first kappa shape index (κ1) is 53.6. The van der Waals surface area contributed by atoms with Crippen molar-refractivity contribution in [1.82, 2.24) is 36.8 Å². The average Bonchev–Trinajstić information content (AvgIpc) is 3.60. The number of hydrogen-bond donors (Lipinski definition) is 12. The Balaban J connectivity index is 0.0000192. The SMILES string of the molecule is CC(C)C[C@H](NC(=O)[C@H](CO)NC(=O)[C@H](CCC(N)=O)NC(=O)[C@@H](NC(=O)[C@H](CO)NC(=O)[C@H](C)NC(=O)[C@@H]1C[C@@H](O)CN1C(=O)CCCC(=O)O)C1CCCCC1)C(=O)O.[Fm]. The van der Waals surface area contributed by atoms with Crippen LogP contribution in [0.2, 0.25) is 0 Å². The minimum absolute atomic E-state index is 0. The Hall–Kier alpha value is -6.42. The summed E-state index contributed by atoms with van der Waals surface area (Å²) in [5, 5.41) is 62.9. The average molecular weight is 1130 g/mol. The van der Waals surface area contributed by atoms with Gasteiger partial charge in [-0.25, -0.2) is 4.79 Å². The second-order valence-corrected chi connectivity index (χ2v) is 15.9. The fraction of sp³-hybridized carbons (Fsp3) is 0.737. The molecule has 0 aromatic rings. The van der Waals surface area contributed by atoms with Gasteiger partial charge in [0.25, 0.3) is 0 Å². The van der Waals surface area contributed by atoms with Crippen LogP contribution in [0.5, 0.6) is 0 Å². The second-order valence-electron chi connectivity index (χ2n) is 15.9. The number of aliphatic carboxylic acids is 2. The van der Waals surface area contributed by atoms with Gasteiger partial charge >= 0.3 is 11.9 Å². The van der Waals surface area contributed by atoms with E-state index in [2.05, 4.69) is 31.9 Å². The van der Waals surface area contributed by atoms with Gasteiger partial charge in [-0.05, 0) is 50.9 Å². The molecule has 2 rings (SSSR count). The number of aliphatic hydroxyl groups excluding tert-OH is 3. The summed E-state index contributed by atoms with van der Waals surface area (Å²) in [6.45, 7) is 2.62. The molecule has 24 heteroatoms. The standard InChI is InChI=1S/C38H62N8O15.Fm/c1-19(2)14-24(38(60)61)42-34(56)25(17-47)44-33(55)23(12-13-28(39)50)41-37(59)31(21-8-5-4-6-9-21)45-35(57)26(18-48)43-32(54)20(3)40-36(58)27-15-22(49)16-46(27)29(51)10-7-11-30(52)53;/h19-27,31,47-49H,4-18H2,1-3H3,(H2,39,50)(H,40,58)(H,41,59)(H,42,56)(H,43,54)(H,44,55)(H,45,57)(H,52,53)(H,60,61);/t20-,22+,23-,24-,25-,26-,27-,31-;/m0./s1. The first-order valence-corrected chi connectivity index (χ1v) is 20.4. The van der Waals surface area contributed by atoms with Crippen molar-refractivity contribution in [3.8, 4) is 0 Å². The number of hydrogen-bond acceptors (Lipinski definition) is 13. The summed E-state index contributed by atoms with van der Waals surface area (Å²) < 4.78 is 0. The molecule has 356 valence electrons. The molecule has 23 nitrogen and oxygen atoms in total. The predicted molar refractivity (Wildman–Crippen MR) is 211 cm³/mol. The van der Waals surface area contributed by atoms with Gasteiger partial charge in [-0.3, -0.25) is 43.2 Å². The summed E-state index contributed by atoms with van der Waals surface area (Å²) in [5.74, 6) is -10.2. The molecule has 0 unspecified atom stereocenters. The van der Waals surface area contributed by atoms with Gasteiger partial charge < -0.3 is 68.1 Å². The molecule has 8 atom stereocenters. The molecule has 0 aromatic heterocycles. The third-order valence-electron chi connectivity index (χ3n) is 10.4. The number of nitrogens with zero attached hydrogens (tertiary/aromatic N) is 1. The number of primary amides is 1. The van der Waals surface area contributed by atoms with Crippen molar-refractivity contribution in [1.29, 1.82) is 0 Å². The molecule has 1 heterocycles. The fourth-order valence-corrected chi connectivity index (χ4v) is 7.11. The second kappa shape index (κ2) is 26.0. The zero-order valence-electron chi connectivity index (χ0n) is 35.0. The van der Waals surface area contributed by atoms with E-state index in [1.54, 1.807) is 13.8 Å². The molecular formula is C38H62FmN8O15. The minimum Gasteiger partial charge on any atom is -0.481 e. The van der Waals surface area contributed by atoms with Crippen molar-refractivity contribution >= 4 is 59.2 Å². The Bertz CT molecular complexity index is 1600. The number of carboxylic acids is 2. The first-order chi connectivity index (χ1) is 28.7. The molecule has 62 heavy (non-hydrogen) atoms. The number of carboxylic acid groups (broad SMARTS) is 2. The third kappa shape index (κ3) is 17.3. The maximum atomic E-state index is 13.9. The van der Waals surface area contributed by atoms with Crippen LogP contribution in [0.25, 0.3) is 0 Å². The number of likely N-dealkylation sites (tertiary alicyclic amines) is 1. The zero-order chi connectivity index (χ0) is 46.0. The van der Waals surface area contributed by atoms with Gasteiger partial charge in [-0.15, -0.1) is 0 Å². The maximum Gasteiger partial charge on any atom is 0.326 e. The molecule has 2 aliphatic rings. The fourth-order valence-electron chi connectivity index (χ4n) is 7.11. The molecule has 8 amide bonds. The van der Waals surface area contributed by atoms with Crippen molar-refractivity contribution in [3.05, 3.63) is 0 Å². The largest absolute Gasteiger partial charge is 0.481 e. The number of amides is 8. The Morgan fingerprint density at radius 3 is 1.74 bits per heavy atom. The van der Waals surface area contributed by atoms with Crippen LogP contribution in [0.4, 0.5) is 0 Å². The summed E-state index contributed by atoms with van der Waals surface area (Å²) in [6, 6.07) is -10.1. The summed E-state index contributed by atoms with van der Waals surface area (Å²) >= 11 is 0. The summed E-state index contributed by atoms with van der Waals surface area (Å²) in [7, 11) is 0. The number of carbonyl (C=O) groups is 10. The van der Waals surface area contributed by atoms with Gasteiger partial charge in [0.05, 0.1) is 19.3 Å². The van der Waals surface area contributed by atoms with E-state index in [1.807, 2.05) is 0 Å². The smallest absolute Gasteiger partial charge is 0.326 e. The normalized spacial score (nSPS) is 19.2. The van der Waals surface area contributed by atoms with Crippen LogP contribution in [0.1, 0.15) is 97.8 Å². The van der Waals surface area contributed by atoms with Crippen molar-refractivity contribution < 1.29 is 73.5 Å². The van der Waals surface area contributed by atoms with Gasteiger partial charge in [0.1, 0.15) is 42.3 Å². The van der Waals surface area contributed by atoms with Gasteiger partial charge in [-0.1, -0.05) is 33.1 Å². The third-order valence-corrected chi connectivity index (χ3v) is 10.4. The van der Waals surface area contributed by atoms with E-state index in [1.165, 1.54) is 6.92 Å². The topological polar surface area (TPSA) is 373 Å². The number of nitrogens with one attached hydrogen (secondary N) is 6. The zero-order valence-corrected chi connectivity index (χ0v) is 37.4. The molecule has 1 aliphatic carbocycles. The molecule has 0 spiro atoms. The number of aliphatic hydroxyl groups is 3. The Morgan fingerprint density at radius 1 is 0.677 bits per heavy atom. The van der Waals surface area contributed by atoms with Crippen molar-refractivity contribution in [2.45, 2.75) is 146 Å². The predicted octanol–water partition coefficient (Wildman–Crippen LogP) is -3.91. The summed E-state index contributed by atoms with van der Waals surface area (Å²) in [5.41, 5.74) is 5.30. The summed E-state index contributed by atoms with van der Waals surface area (Å²) in [4.78, 5) is 128. The molecule has 0 aromatic carbocycles. The number of rotatable bonds is 25. The monoisotopic (exact) mass is 1130 g/mol. The van der Waals surface area contributed by atoms with Crippen molar-refractivity contribution in [3.63, 3.8) is 0 Å². The van der Waals surface area contributed by atoms with E-state index in [4.69, 9.17) is 10.8 Å². The van der Waals surface area contributed by atoms with Crippen LogP contribution >= 0.6 is 0 Å². The van der Waals surface area contributed by atoms with E-state index in [0.29, 0.717) is 25.7 Å². The Morgan fingerprint density at radius 2 is 1.21 bits per heavy atom. The van der Waals surface area contributed by atoms with Crippen LogP contribution in [0, 0.1) is 11.8 Å². The first-order valence-electron chi connectivity index (χ1n) is 20.4. The van der Waals surface area contributed by atoms with E-state index in [-0.39, 0.29) is 51.0 Å². The molecule has 1 saturated carbocycles. The molecular weight excluding hydrogens is 1070 g/mol. The van der Waals surface area contributed by atoms with E-state index in [9.17, 15) is 68.4 Å². The van der Waals surface area contributed by atoms with Crippen molar-refractivity contribution in [2.24, 2.45) is 17.6 Å². The minimum atomic E-state index is -1.66. The van der Waals surface area contributed by atoms with Crippen LogP contribution in [0.15, 0.2) is 0 Å². The van der Waals surface area contributed by atoms with Crippen LogP contribution in [0.3, 0.4) is 0 Å². The molecule has 1 aliphatic heterocycles. The van der Waals surface area contributed by atoms with E-state index in [0.717, 1.165) is 11.3 Å². The molecule has 13 N–H and O–H groups in total. The van der Waals surface area contributed by atoms with Gasteiger partial charge in [0, 0.05) is 32.2 Å². The number of nitrogens with two attached hydrogens (primary N) is 1. The molecule has 0 radical (unpaired) electrons. The van der Waals surface area contributed by atoms with Crippen molar-refractivity contribution in [2.75, 3.05) is 19.8 Å². The molecule has 0 bridgehead atoms. The molecule has 2 fully saturated rings. The van der Waals surface area contributed by atoms with Gasteiger partial charge in [-0.2, -0.15) is 0 Å². The van der Waals surface area contributed by atoms with E-state index < -0.39 is 133 Å². The maximum absolute atomic E-state index is 13.9. The quantitative estimate of drug-likeness (QED) is 0.0416. The van der Waals surface area contributed by atoms with Crippen LogP contribution in [-0.2, 0) is 47.9 Å². The Labute approximate surface area is 352 Å². The number of β-amino-alcohol motifs (C(OH)–C–C–N with tert-alkyl or cyclic N) is 1. The Kier molecular flexibility index (Phi) is 22.5.